The third kappa shape index (κ3) is 2.97. The summed E-state index contributed by atoms with van der Waals surface area (Å²) >= 11 is 0. The number of benzene rings is 1. The van der Waals surface area contributed by atoms with Gasteiger partial charge in [0, 0.05) is 13.0 Å². The second-order valence-corrected chi connectivity index (χ2v) is 4.18. The van der Waals surface area contributed by atoms with E-state index in [2.05, 4.69) is 13.8 Å². The molecule has 2 N–H and O–H groups in total. The number of ether oxygens (including phenoxy) is 1. The van der Waals surface area contributed by atoms with E-state index in [1.54, 1.807) is 7.11 Å². The first-order valence-electron chi connectivity index (χ1n) is 5.57. The monoisotopic (exact) mass is 224 g/mol. The summed E-state index contributed by atoms with van der Waals surface area (Å²) in [6.45, 7) is 4.16. The smallest absolute Gasteiger partial charge is 0.122 e. The zero-order valence-electron chi connectivity index (χ0n) is 10.1. The van der Waals surface area contributed by atoms with Gasteiger partial charge in [0.15, 0.2) is 0 Å². The van der Waals surface area contributed by atoms with Gasteiger partial charge in [0.2, 0.25) is 0 Å². The summed E-state index contributed by atoms with van der Waals surface area (Å²) in [6.07, 6.45) is -0.238. The molecular weight excluding hydrogens is 204 g/mol. The Morgan fingerprint density at radius 1 is 1.31 bits per heavy atom. The first-order chi connectivity index (χ1) is 7.60. The Hall–Kier alpha value is -1.06. The van der Waals surface area contributed by atoms with Crippen LogP contribution in [0.5, 0.6) is 5.75 Å². The van der Waals surface area contributed by atoms with E-state index in [-0.39, 0.29) is 6.61 Å². The van der Waals surface area contributed by atoms with Crippen LogP contribution in [0.3, 0.4) is 0 Å². The molecule has 0 aromatic heterocycles. The lowest BCUT2D eigenvalue weighted by Crippen LogP contribution is -2.02. The van der Waals surface area contributed by atoms with Crippen LogP contribution in [0, 0.1) is 0 Å². The predicted octanol–water partition coefficient (Wildman–Crippen LogP) is 2.23. The van der Waals surface area contributed by atoms with Crippen molar-refractivity contribution < 1.29 is 14.9 Å². The highest BCUT2D eigenvalue weighted by Crippen LogP contribution is 2.30. The van der Waals surface area contributed by atoms with E-state index in [9.17, 15) is 5.11 Å². The minimum atomic E-state index is -0.603. The molecule has 90 valence electrons. The molecule has 1 rings (SSSR count). The number of hydrogen-bond acceptors (Lipinski definition) is 3. The molecule has 1 aromatic rings. The quantitative estimate of drug-likeness (QED) is 0.806. The molecule has 1 atom stereocenters. The van der Waals surface area contributed by atoms with Crippen molar-refractivity contribution in [2.45, 2.75) is 32.3 Å². The molecule has 0 fully saturated rings. The van der Waals surface area contributed by atoms with Crippen molar-refractivity contribution in [3.05, 3.63) is 29.3 Å². The Balaban J connectivity index is 3.01. The van der Waals surface area contributed by atoms with Crippen LogP contribution in [0.4, 0.5) is 0 Å². The second-order valence-electron chi connectivity index (χ2n) is 4.18. The third-order valence-corrected chi connectivity index (χ3v) is 2.66. The van der Waals surface area contributed by atoms with Crippen LogP contribution in [-0.4, -0.2) is 23.9 Å². The van der Waals surface area contributed by atoms with Crippen LogP contribution in [-0.2, 0) is 0 Å². The highest BCUT2D eigenvalue weighted by atomic mass is 16.5. The molecule has 0 aliphatic carbocycles. The molecule has 0 heterocycles. The molecule has 0 spiro atoms. The summed E-state index contributed by atoms with van der Waals surface area (Å²) in [5.74, 6) is 1.19. The first-order valence-corrected chi connectivity index (χ1v) is 5.57. The lowest BCUT2D eigenvalue weighted by molar-refractivity contribution is 0.134. The minimum Gasteiger partial charge on any atom is -0.496 e. The molecule has 16 heavy (non-hydrogen) atoms. The highest BCUT2D eigenvalue weighted by molar-refractivity contribution is 5.40. The van der Waals surface area contributed by atoms with Crippen LogP contribution in [0.15, 0.2) is 18.2 Å². The molecule has 3 nitrogen and oxygen atoms in total. The molecule has 0 saturated heterocycles. The molecule has 0 saturated carbocycles. The normalized spacial score (nSPS) is 12.9. The molecule has 1 aromatic carbocycles. The largest absolute Gasteiger partial charge is 0.496 e. The fourth-order valence-electron chi connectivity index (χ4n) is 1.70. The lowest BCUT2D eigenvalue weighted by atomic mass is 9.96. The molecule has 0 aliphatic heterocycles. The summed E-state index contributed by atoms with van der Waals surface area (Å²) in [5.41, 5.74) is 1.91. The maximum absolute atomic E-state index is 9.79. The van der Waals surface area contributed by atoms with Crippen LogP contribution < -0.4 is 4.74 Å². The lowest BCUT2D eigenvalue weighted by Gasteiger charge is -2.16. The average Bonchev–Trinajstić information content (AvgIpc) is 2.28. The maximum atomic E-state index is 9.79. The Labute approximate surface area is 96.7 Å². The summed E-state index contributed by atoms with van der Waals surface area (Å²) in [6, 6.07) is 5.65. The van der Waals surface area contributed by atoms with Gasteiger partial charge in [-0.25, -0.2) is 0 Å². The van der Waals surface area contributed by atoms with Crippen LogP contribution in [0.25, 0.3) is 0 Å². The van der Waals surface area contributed by atoms with E-state index < -0.39 is 6.10 Å². The third-order valence-electron chi connectivity index (χ3n) is 2.66. The molecule has 0 aliphatic rings. The summed E-state index contributed by atoms with van der Waals surface area (Å²) in [5, 5.41) is 18.6. The Morgan fingerprint density at radius 3 is 2.50 bits per heavy atom. The van der Waals surface area contributed by atoms with Crippen molar-refractivity contribution in [1.82, 2.24) is 0 Å². The van der Waals surface area contributed by atoms with E-state index in [0.717, 1.165) is 16.9 Å². The van der Waals surface area contributed by atoms with Crippen molar-refractivity contribution in [2.75, 3.05) is 13.7 Å². The average molecular weight is 224 g/mol. The molecule has 0 bridgehead atoms. The van der Waals surface area contributed by atoms with Crippen LogP contribution >= 0.6 is 0 Å². The van der Waals surface area contributed by atoms with Crippen molar-refractivity contribution >= 4 is 0 Å². The van der Waals surface area contributed by atoms with Crippen molar-refractivity contribution in [3.63, 3.8) is 0 Å². The van der Waals surface area contributed by atoms with Gasteiger partial charge in [-0.1, -0.05) is 19.9 Å². The minimum absolute atomic E-state index is 0.00971. The van der Waals surface area contributed by atoms with Crippen molar-refractivity contribution in [3.8, 4) is 5.75 Å². The highest BCUT2D eigenvalue weighted by Gasteiger charge is 2.12. The van der Waals surface area contributed by atoms with Gasteiger partial charge >= 0.3 is 0 Å². The number of aliphatic hydroxyl groups excluding tert-OH is 2. The Kier molecular flexibility index (Phi) is 4.77. The van der Waals surface area contributed by atoms with E-state index in [4.69, 9.17) is 9.84 Å². The topological polar surface area (TPSA) is 49.7 Å². The molecular formula is C13H20O3. The molecule has 3 heteroatoms. The maximum Gasteiger partial charge on any atom is 0.122 e. The zero-order valence-corrected chi connectivity index (χ0v) is 10.1. The van der Waals surface area contributed by atoms with E-state index in [1.807, 2.05) is 18.2 Å². The second kappa shape index (κ2) is 5.87. The standard InChI is InChI=1S/C13H20O3/c1-9(2)11-8-10(12(15)6-7-14)4-5-13(11)16-3/h4-5,8-9,12,14-15H,6-7H2,1-3H3. The van der Waals surface area contributed by atoms with Crippen molar-refractivity contribution in [1.29, 1.82) is 0 Å². The molecule has 0 amide bonds. The van der Waals surface area contributed by atoms with Gasteiger partial charge in [-0.2, -0.15) is 0 Å². The fraction of sp³-hybridized carbons (Fsp3) is 0.538. The van der Waals surface area contributed by atoms with E-state index >= 15 is 0 Å². The van der Waals surface area contributed by atoms with Gasteiger partial charge in [0.05, 0.1) is 13.2 Å². The summed E-state index contributed by atoms with van der Waals surface area (Å²) in [7, 11) is 1.64. The Morgan fingerprint density at radius 2 is 2.00 bits per heavy atom. The number of rotatable bonds is 5. The van der Waals surface area contributed by atoms with Crippen LogP contribution in [0.2, 0.25) is 0 Å². The number of methoxy groups -OCH3 is 1. The fourth-order valence-corrected chi connectivity index (χ4v) is 1.70. The molecule has 1 unspecified atom stereocenters. The van der Waals surface area contributed by atoms with E-state index in [0.29, 0.717) is 12.3 Å². The predicted molar refractivity (Wildman–Crippen MR) is 63.7 cm³/mol. The number of aliphatic hydroxyl groups is 2. The Bertz CT molecular complexity index is 334. The van der Waals surface area contributed by atoms with Gasteiger partial charge in [-0.05, 0) is 29.2 Å². The van der Waals surface area contributed by atoms with Gasteiger partial charge in [0.1, 0.15) is 5.75 Å². The van der Waals surface area contributed by atoms with Crippen molar-refractivity contribution in [2.24, 2.45) is 0 Å². The summed E-state index contributed by atoms with van der Waals surface area (Å²) < 4.78 is 5.27. The number of hydrogen-bond donors (Lipinski definition) is 2. The van der Waals surface area contributed by atoms with Gasteiger partial charge in [0.25, 0.3) is 0 Å². The zero-order chi connectivity index (χ0) is 12.1. The summed E-state index contributed by atoms with van der Waals surface area (Å²) in [4.78, 5) is 0. The van der Waals surface area contributed by atoms with Gasteiger partial charge in [-0.3, -0.25) is 0 Å². The van der Waals surface area contributed by atoms with E-state index in [1.165, 1.54) is 0 Å². The van der Waals surface area contributed by atoms with Gasteiger partial charge < -0.3 is 14.9 Å². The molecule has 0 radical (unpaired) electrons. The SMILES string of the molecule is COc1ccc(C(O)CCO)cc1C(C)C. The first kappa shape index (κ1) is 13.0. The van der Waals surface area contributed by atoms with Crippen LogP contribution in [0.1, 0.15) is 43.4 Å². The van der Waals surface area contributed by atoms with Gasteiger partial charge in [-0.15, -0.1) is 0 Å².